The zero-order valence-electron chi connectivity index (χ0n) is 11.3. The van der Waals surface area contributed by atoms with Crippen LogP contribution in [0.2, 0.25) is 0 Å². The first-order chi connectivity index (χ1) is 9.54. The molecule has 0 spiro atoms. The van der Waals surface area contributed by atoms with Gasteiger partial charge in [0.25, 0.3) is 0 Å². The molecule has 0 aliphatic carbocycles. The van der Waals surface area contributed by atoms with Crippen molar-refractivity contribution in [3.8, 4) is 11.5 Å². The molecule has 0 fully saturated rings. The lowest BCUT2D eigenvalue weighted by Gasteiger charge is -2.14. The average molecular weight is 336 g/mol. The van der Waals surface area contributed by atoms with Crippen LogP contribution in [0.4, 0.5) is 0 Å². The normalized spacial score (nSPS) is 12.3. The highest BCUT2D eigenvalue weighted by Crippen LogP contribution is 2.24. The van der Waals surface area contributed by atoms with E-state index in [0.717, 1.165) is 16.5 Å². The van der Waals surface area contributed by atoms with Crippen LogP contribution in [-0.2, 0) is 13.0 Å². The van der Waals surface area contributed by atoms with Crippen molar-refractivity contribution in [3.05, 3.63) is 58.1 Å². The molecule has 0 amide bonds. The van der Waals surface area contributed by atoms with Crippen LogP contribution in [0, 0.1) is 0 Å². The third kappa shape index (κ3) is 4.25. The summed E-state index contributed by atoms with van der Waals surface area (Å²) in [6.07, 6.45) is 0.942. The first-order valence-electron chi connectivity index (χ1n) is 6.53. The summed E-state index contributed by atoms with van der Waals surface area (Å²) in [6.45, 7) is 2.79. The van der Waals surface area contributed by atoms with Gasteiger partial charge in [-0.2, -0.15) is 0 Å². The number of phenols is 2. The van der Waals surface area contributed by atoms with Gasteiger partial charge in [-0.3, -0.25) is 0 Å². The molecule has 0 aromatic heterocycles. The van der Waals surface area contributed by atoms with Gasteiger partial charge in [0.1, 0.15) is 0 Å². The molecule has 0 bridgehead atoms. The van der Waals surface area contributed by atoms with Crippen LogP contribution >= 0.6 is 15.9 Å². The molecule has 2 aromatic carbocycles. The number of rotatable bonds is 5. The maximum Gasteiger partial charge on any atom is 0.157 e. The Labute approximate surface area is 127 Å². The highest BCUT2D eigenvalue weighted by atomic mass is 79.9. The van der Waals surface area contributed by atoms with E-state index in [-0.39, 0.29) is 11.5 Å². The second-order valence-corrected chi connectivity index (χ2v) is 5.85. The topological polar surface area (TPSA) is 52.5 Å². The van der Waals surface area contributed by atoms with E-state index in [0.29, 0.717) is 12.6 Å². The van der Waals surface area contributed by atoms with Crippen LogP contribution in [-0.4, -0.2) is 16.3 Å². The van der Waals surface area contributed by atoms with E-state index >= 15 is 0 Å². The van der Waals surface area contributed by atoms with Crippen LogP contribution in [0.3, 0.4) is 0 Å². The minimum atomic E-state index is -0.0864. The van der Waals surface area contributed by atoms with Crippen LogP contribution in [0.15, 0.2) is 46.9 Å². The van der Waals surface area contributed by atoms with Crippen molar-refractivity contribution in [1.29, 1.82) is 0 Å². The molecular formula is C16H18BrNO2. The third-order valence-electron chi connectivity index (χ3n) is 3.15. The van der Waals surface area contributed by atoms with Crippen molar-refractivity contribution in [2.45, 2.75) is 25.9 Å². The standard InChI is InChI=1S/C16H18BrNO2/c1-11(8-12-2-5-14(17)6-3-12)18-10-13-4-7-15(19)16(20)9-13/h2-7,9,11,18-20H,8,10H2,1H3. The van der Waals surface area contributed by atoms with E-state index in [1.165, 1.54) is 11.6 Å². The fraction of sp³-hybridized carbons (Fsp3) is 0.250. The second kappa shape index (κ2) is 6.77. The molecule has 3 N–H and O–H groups in total. The summed E-state index contributed by atoms with van der Waals surface area (Å²) < 4.78 is 1.08. The van der Waals surface area contributed by atoms with Crippen molar-refractivity contribution in [1.82, 2.24) is 5.32 Å². The van der Waals surface area contributed by atoms with Gasteiger partial charge in [0.2, 0.25) is 0 Å². The van der Waals surface area contributed by atoms with Crippen LogP contribution in [0.5, 0.6) is 11.5 Å². The Morgan fingerprint density at radius 3 is 2.30 bits per heavy atom. The summed E-state index contributed by atoms with van der Waals surface area (Å²) in [7, 11) is 0. The highest BCUT2D eigenvalue weighted by Gasteiger charge is 2.05. The Bertz CT molecular complexity index is 569. The van der Waals surface area contributed by atoms with E-state index in [9.17, 15) is 10.2 Å². The summed E-state index contributed by atoms with van der Waals surface area (Å²) in [5.74, 6) is -0.165. The molecule has 0 saturated carbocycles. The van der Waals surface area contributed by atoms with Crippen molar-refractivity contribution in [3.63, 3.8) is 0 Å². The van der Waals surface area contributed by atoms with Crippen LogP contribution in [0.25, 0.3) is 0 Å². The van der Waals surface area contributed by atoms with Crippen molar-refractivity contribution >= 4 is 15.9 Å². The largest absolute Gasteiger partial charge is 0.504 e. The Kier molecular flexibility index (Phi) is 5.04. The van der Waals surface area contributed by atoms with Gasteiger partial charge in [-0.15, -0.1) is 0 Å². The fourth-order valence-electron chi connectivity index (χ4n) is 2.02. The lowest BCUT2D eigenvalue weighted by molar-refractivity contribution is 0.402. The number of phenolic OH excluding ortho intramolecular Hbond substituents is 2. The van der Waals surface area contributed by atoms with E-state index in [4.69, 9.17) is 0 Å². The summed E-state index contributed by atoms with van der Waals surface area (Å²) in [4.78, 5) is 0. The molecule has 0 radical (unpaired) electrons. The van der Waals surface area contributed by atoms with E-state index in [2.05, 4.69) is 40.3 Å². The van der Waals surface area contributed by atoms with Crippen LogP contribution in [0.1, 0.15) is 18.1 Å². The number of aromatic hydroxyl groups is 2. The minimum Gasteiger partial charge on any atom is -0.504 e. The van der Waals surface area contributed by atoms with Gasteiger partial charge >= 0.3 is 0 Å². The third-order valence-corrected chi connectivity index (χ3v) is 3.68. The molecule has 0 aliphatic heterocycles. The predicted molar refractivity (Wildman–Crippen MR) is 83.9 cm³/mol. The minimum absolute atomic E-state index is 0.0788. The SMILES string of the molecule is CC(Cc1ccc(Br)cc1)NCc1ccc(O)c(O)c1. The van der Waals surface area contributed by atoms with Gasteiger partial charge in [0.15, 0.2) is 11.5 Å². The maximum absolute atomic E-state index is 9.44. The summed E-state index contributed by atoms with van der Waals surface area (Å²) in [5, 5.41) is 22.1. The van der Waals surface area contributed by atoms with Gasteiger partial charge in [0, 0.05) is 17.1 Å². The Morgan fingerprint density at radius 1 is 1.00 bits per heavy atom. The van der Waals surface area contributed by atoms with Crippen molar-refractivity contribution in [2.75, 3.05) is 0 Å². The molecule has 20 heavy (non-hydrogen) atoms. The van der Waals surface area contributed by atoms with Gasteiger partial charge < -0.3 is 15.5 Å². The molecule has 0 saturated heterocycles. The zero-order valence-corrected chi connectivity index (χ0v) is 12.9. The first kappa shape index (κ1) is 14.9. The van der Waals surface area contributed by atoms with Gasteiger partial charge in [-0.05, 0) is 48.7 Å². The van der Waals surface area contributed by atoms with Gasteiger partial charge in [0.05, 0.1) is 0 Å². The number of benzene rings is 2. The van der Waals surface area contributed by atoms with Crippen molar-refractivity contribution < 1.29 is 10.2 Å². The Balaban J connectivity index is 1.86. The lowest BCUT2D eigenvalue weighted by Crippen LogP contribution is -2.27. The van der Waals surface area contributed by atoms with E-state index in [1.807, 2.05) is 12.1 Å². The van der Waals surface area contributed by atoms with Crippen molar-refractivity contribution in [2.24, 2.45) is 0 Å². The summed E-state index contributed by atoms with van der Waals surface area (Å²) >= 11 is 3.43. The maximum atomic E-state index is 9.44. The highest BCUT2D eigenvalue weighted by molar-refractivity contribution is 9.10. The molecule has 4 heteroatoms. The summed E-state index contributed by atoms with van der Waals surface area (Å²) in [6, 6.07) is 13.5. The van der Waals surface area contributed by atoms with Gasteiger partial charge in [-0.1, -0.05) is 34.1 Å². The lowest BCUT2D eigenvalue weighted by atomic mass is 10.1. The Morgan fingerprint density at radius 2 is 1.65 bits per heavy atom. The molecule has 1 atom stereocenters. The monoisotopic (exact) mass is 335 g/mol. The summed E-state index contributed by atoms with van der Waals surface area (Å²) in [5.41, 5.74) is 2.23. The van der Waals surface area contributed by atoms with E-state index in [1.54, 1.807) is 12.1 Å². The molecular weight excluding hydrogens is 318 g/mol. The van der Waals surface area contributed by atoms with Gasteiger partial charge in [-0.25, -0.2) is 0 Å². The number of hydrogen-bond donors (Lipinski definition) is 3. The average Bonchev–Trinajstić information content (AvgIpc) is 2.43. The number of halogens is 1. The predicted octanol–water partition coefficient (Wildman–Crippen LogP) is 3.58. The van der Waals surface area contributed by atoms with Crippen LogP contribution < -0.4 is 5.32 Å². The first-order valence-corrected chi connectivity index (χ1v) is 7.32. The molecule has 0 heterocycles. The Hall–Kier alpha value is -1.52. The molecule has 2 rings (SSSR count). The molecule has 106 valence electrons. The molecule has 3 nitrogen and oxygen atoms in total. The zero-order chi connectivity index (χ0) is 14.5. The number of hydrogen-bond acceptors (Lipinski definition) is 3. The smallest absolute Gasteiger partial charge is 0.157 e. The fourth-order valence-corrected chi connectivity index (χ4v) is 2.28. The molecule has 1 unspecified atom stereocenters. The molecule has 2 aromatic rings. The number of nitrogens with one attached hydrogen (secondary N) is 1. The van der Waals surface area contributed by atoms with E-state index < -0.39 is 0 Å². The second-order valence-electron chi connectivity index (χ2n) is 4.94. The quantitative estimate of drug-likeness (QED) is 0.732. The molecule has 0 aliphatic rings.